The summed E-state index contributed by atoms with van der Waals surface area (Å²) in [6, 6.07) is 9.08. The molecule has 0 bridgehead atoms. The molecule has 9 heteroatoms. The molecule has 122 valence electrons. The average Bonchev–Trinajstić information content (AvgIpc) is 2.46. The second-order valence-electron chi connectivity index (χ2n) is 4.91. The molecule has 0 fully saturated rings. The number of halogens is 1. The van der Waals surface area contributed by atoms with Crippen LogP contribution in [0.5, 0.6) is 0 Å². The fraction of sp³-hybridized carbons (Fsp3) is 0.143. The lowest BCUT2D eigenvalue weighted by molar-refractivity contribution is -0.384. The Bertz CT molecular complexity index is 868. The molecule has 0 saturated carbocycles. The lowest BCUT2D eigenvalue weighted by Crippen LogP contribution is -2.15. The number of sulfonamides is 1. The van der Waals surface area contributed by atoms with E-state index in [0.717, 1.165) is 33.8 Å². The van der Waals surface area contributed by atoms with Gasteiger partial charge in [-0.3, -0.25) is 10.1 Å². The number of nitro benzene ring substituents is 1. The summed E-state index contributed by atoms with van der Waals surface area (Å²) < 4.78 is 24.1. The highest BCUT2D eigenvalue weighted by Gasteiger charge is 2.18. The molecule has 0 aromatic heterocycles. The van der Waals surface area contributed by atoms with Crippen molar-refractivity contribution in [2.45, 2.75) is 18.4 Å². The number of anilines is 1. The van der Waals surface area contributed by atoms with Crippen molar-refractivity contribution in [3.63, 3.8) is 0 Å². The van der Waals surface area contributed by atoms with Gasteiger partial charge in [0.2, 0.25) is 10.0 Å². The minimum absolute atomic E-state index is 0.0982. The molecule has 0 amide bonds. The maximum absolute atomic E-state index is 11.6. The normalized spacial score (nSPS) is 11.3. The number of aryl methyl sites for hydroxylation is 1. The molecule has 2 aromatic rings. The minimum Gasteiger partial charge on any atom is -0.380 e. The van der Waals surface area contributed by atoms with Crippen LogP contribution in [0.25, 0.3) is 0 Å². The van der Waals surface area contributed by atoms with Crippen LogP contribution in [-0.4, -0.2) is 13.3 Å². The zero-order chi connectivity index (χ0) is 17.2. The van der Waals surface area contributed by atoms with E-state index in [1.165, 1.54) is 0 Å². The summed E-state index contributed by atoms with van der Waals surface area (Å²) in [6.07, 6.45) is 0. The van der Waals surface area contributed by atoms with Gasteiger partial charge in [0.1, 0.15) is 4.90 Å². The molecule has 23 heavy (non-hydrogen) atoms. The summed E-state index contributed by atoms with van der Waals surface area (Å²) in [5.41, 5.74) is 1.81. The van der Waals surface area contributed by atoms with E-state index < -0.39 is 14.9 Å². The number of nitrogens with two attached hydrogens (primary N) is 1. The van der Waals surface area contributed by atoms with E-state index in [1.807, 2.05) is 25.1 Å². The second kappa shape index (κ2) is 6.65. The van der Waals surface area contributed by atoms with Crippen molar-refractivity contribution in [3.8, 4) is 0 Å². The molecule has 0 aliphatic rings. The highest BCUT2D eigenvalue weighted by Crippen LogP contribution is 2.27. The Morgan fingerprint density at radius 3 is 2.57 bits per heavy atom. The molecular formula is C14H14BrN3O4S. The molecule has 2 rings (SSSR count). The Labute approximate surface area is 141 Å². The summed E-state index contributed by atoms with van der Waals surface area (Å²) in [5, 5.41) is 19.0. The Morgan fingerprint density at radius 1 is 1.26 bits per heavy atom. The van der Waals surface area contributed by atoms with Gasteiger partial charge in [-0.1, -0.05) is 22.0 Å². The van der Waals surface area contributed by atoms with E-state index in [-0.39, 0.29) is 16.3 Å². The first-order valence-electron chi connectivity index (χ1n) is 6.48. The maximum atomic E-state index is 11.6. The molecule has 2 aromatic carbocycles. The minimum atomic E-state index is -3.99. The van der Waals surface area contributed by atoms with Gasteiger partial charge < -0.3 is 5.32 Å². The zero-order valence-corrected chi connectivity index (χ0v) is 14.5. The summed E-state index contributed by atoms with van der Waals surface area (Å²) in [5.74, 6) is 0. The highest BCUT2D eigenvalue weighted by atomic mass is 79.9. The number of nitro groups is 1. The first-order valence-corrected chi connectivity index (χ1v) is 8.82. The van der Waals surface area contributed by atoms with Gasteiger partial charge in [0.25, 0.3) is 5.69 Å². The van der Waals surface area contributed by atoms with E-state index in [4.69, 9.17) is 5.14 Å². The van der Waals surface area contributed by atoms with Gasteiger partial charge in [-0.05, 0) is 36.2 Å². The third-order valence-corrected chi connectivity index (χ3v) is 4.72. The van der Waals surface area contributed by atoms with Crippen LogP contribution in [0, 0.1) is 17.0 Å². The number of rotatable bonds is 5. The standard InChI is InChI=1S/C14H14BrN3O4S/c1-9-2-3-11(15)6-10(9)8-17-13-7-12(18(19)20)4-5-14(13)23(16,21)22/h2-7,17H,8H2,1H3,(H2,16,21,22). The van der Waals surface area contributed by atoms with E-state index in [9.17, 15) is 18.5 Å². The maximum Gasteiger partial charge on any atom is 0.271 e. The Hall–Kier alpha value is -1.97. The molecule has 0 aliphatic heterocycles. The number of nitrogens with one attached hydrogen (secondary N) is 1. The molecule has 0 radical (unpaired) electrons. The van der Waals surface area contributed by atoms with Crippen molar-refractivity contribution in [1.82, 2.24) is 0 Å². The van der Waals surface area contributed by atoms with Crippen LogP contribution >= 0.6 is 15.9 Å². The van der Waals surface area contributed by atoms with Crippen LogP contribution in [0.15, 0.2) is 45.8 Å². The monoisotopic (exact) mass is 399 g/mol. The van der Waals surface area contributed by atoms with Gasteiger partial charge in [0, 0.05) is 23.2 Å². The van der Waals surface area contributed by atoms with Crippen molar-refractivity contribution in [2.24, 2.45) is 5.14 Å². The molecule has 7 nitrogen and oxygen atoms in total. The number of nitrogens with zero attached hydrogens (tertiary/aromatic N) is 1. The Balaban J connectivity index is 2.39. The summed E-state index contributed by atoms with van der Waals surface area (Å²) in [6.45, 7) is 2.21. The largest absolute Gasteiger partial charge is 0.380 e. The van der Waals surface area contributed by atoms with Gasteiger partial charge in [0.15, 0.2) is 0 Å². The van der Waals surface area contributed by atoms with Crippen LogP contribution < -0.4 is 10.5 Å². The smallest absolute Gasteiger partial charge is 0.271 e. The lowest BCUT2D eigenvalue weighted by atomic mass is 10.1. The predicted octanol–water partition coefficient (Wildman–Crippen LogP) is 2.93. The van der Waals surface area contributed by atoms with Crippen molar-refractivity contribution >= 4 is 37.3 Å². The summed E-state index contributed by atoms with van der Waals surface area (Å²) in [7, 11) is -3.99. The molecule has 0 aliphatic carbocycles. The van der Waals surface area contributed by atoms with Crippen molar-refractivity contribution < 1.29 is 13.3 Å². The van der Waals surface area contributed by atoms with E-state index >= 15 is 0 Å². The fourth-order valence-corrected chi connectivity index (χ4v) is 3.14. The van der Waals surface area contributed by atoms with E-state index in [0.29, 0.717) is 6.54 Å². The SMILES string of the molecule is Cc1ccc(Br)cc1CNc1cc([N+](=O)[O-])ccc1S(N)(=O)=O. The number of non-ortho nitro benzene ring substituents is 1. The topological polar surface area (TPSA) is 115 Å². The summed E-state index contributed by atoms with van der Waals surface area (Å²) in [4.78, 5) is 10.1. The number of benzene rings is 2. The predicted molar refractivity (Wildman–Crippen MR) is 90.7 cm³/mol. The van der Waals surface area contributed by atoms with E-state index in [2.05, 4.69) is 21.2 Å². The van der Waals surface area contributed by atoms with E-state index in [1.54, 1.807) is 0 Å². The van der Waals surface area contributed by atoms with Crippen molar-refractivity contribution in [1.29, 1.82) is 0 Å². The van der Waals surface area contributed by atoms with Crippen LogP contribution in [0.4, 0.5) is 11.4 Å². The number of hydrogen-bond acceptors (Lipinski definition) is 5. The van der Waals surface area contributed by atoms with Gasteiger partial charge in [-0.2, -0.15) is 0 Å². The zero-order valence-electron chi connectivity index (χ0n) is 12.1. The first kappa shape index (κ1) is 17.4. The molecule has 0 atom stereocenters. The Morgan fingerprint density at radius 2 is 1.96 bits per heavy atom. The van der Waals surface area contributed by atoms with Crippen molar-refractivity contribution in [3.05, 3.63) is 62.1 Å². The number of hydrogen-bond donors (Lipinski definition) is 2. The second-order valence-corrected chi connectivity index (χ2v) is 7.35. The Kier molecular flexibility index (Phi) is 5.03. The lowest BCUT2D eigenvalue weighted by Gasteiger charge is -2.12. The number of primary sulfonamides is 1. The molecule has 0 unspecified atom stereocenters. The van der Waals surface area contributed by atoms with Gasteiger partial charge in [-0.15, -0.1) is 0 Å². The molecule has 0 heterocycles. The van der Waals surface area contributed by atoms with Crippen LogP contribution in [0.3, 0.4) is 0 Å². The third kappa shape index (κ3) is 4.27. The quantitative estimate of drug-likeness (QED) is 0.592. The molecule has 0 saturated heterocycles. The third-order valence-electron chi connectivity index (χ3n) is 3.26. The van der Waals surface area contributed by atoms with Gasteiger partial charge in [-0.25, -0.2) is 13.6 Å². The average molecular weight is 400 g/mol. The summed E-state index contributed by atoms with van der Waals surface area (Å²) >= 11 is 3.37. The van der Waals surface area contributed by atoms with Gasteiger partial charge in [0.05, 0.1) is 10.6 Å². The van der Waals surface area contributed by atoms with Crippen LogP contribution in [0.2, 0.25) is 0 Å². The molecule has 0 spiro atoms. The van der Waals surface area contributed by atoms with Crippen molar-refractivity contribution in [2.75, 3.05) is 5.32 Å². The highest BCUT2D eigenvalue weighted by molar-refractivity contribution is 9.10. The first-order chi connectivity index (χ1) is 10.7. The van der Waals surface area contributed by atoms with Gasteiger partial charge >= 0.3 is 0 Å². The fourth-order valence-electron chi connectivity index (χ4n) is 2.04. The van der Waals surface area contributed by atoms with Crippen LogP contribution in [-0.2, 0) is 16.6 Å². The molecule has 3 N–H and O–H groups in total. The molecular weight excluding hydrogens is 386 g/mol. The van der Waals surface area contributed by atoms with Crippen LogP contribution in [0.1, 0.15) is 11.1 Å².